The van der Waals surface area contributed by atoms with E-state index in [9.17, 15) is 18.0 Å². The minimum atomic E-state index is -3.64. The van der Waals surface area contributed by atoms with Crippen LogP contribution in [0.1, 0.15) is 31.8 Å². The van der Waals surface area contributed by atoms with E-state index >= 15 is 0 Å². The Hall–Kier alpha value is -3.33. The highest BCUT2D eigenvalue weighted by Gasteiger charge is 2.26. The maximum absolute atomic E-state index is 12.7. The topological polar surface area (TPSA) is 90.0 Å². The van der Waals surface area contributed by atoms with Gasteiger partial charge in [0.1, 0.15) is 0 Å². The molecule has 1 fully saturated rings. The molecule has 0 aromatic heterocycles. The van der Waals surface area contributed by atoms with Crippen LogP contribution < -0.4 is 0 Å². The van der Waals surface area contributed by atoms with Gasteiger partial charge in [-0.2, -0.15) is 4.31 Å². The summed E-state index contributed by atoms with van der Waals surface area (Å²) in [6, 6.07) is 22.6. The smallest absolute Gasteiger partial charge is 0.338 e. The molecule has 3 aromatic rings. The van der Waals surface area contributed by atoms with Gasteiger partial charge in [0.15, 0.2) is 12.4 Å². The van der Waals surface area contributed by atoms with Gasteiger partial charge in [-0.3, -0.25) is 4.79 Å². The lowest BCUT2D eigenvalue weighted by Gasteiger charge is -2.26. The van der Waals surface area contributed by atoms with Gasteiger partial charge in [-0.05, 0) is 47.9 Å². The van der Waals surface area contributed by atoms with Crippen LogP contribution in [0, 0.1) is 0 Å². The summed E-state index contributed by atoms with van der Waals surface area (Å²) in [4.78, 5) is 25.4. The van der Waals surface area contributed by atoms with Gasteiger partial charge in [0.25, 0.3) is 0 Å². The fourth-order valence-corrected chi connectivity index (χ4v) is 5.14. The van der Waals surface area contributed by atoms with Gasteiger partial charge < -0.3 is 9.47 Å². The van der Waals surface area contributed by atoms with Crippen molar-refractivity contribution in [1.82, 2.24) is 4.31 Å². The second-order valence-electron chi connectivity index (χ2n) is 7.86. The average molecular weight is 480 g/mol. The van der Waals surface area contributed by atoms with E-state index in [2.05, 4.69) is 0 Å². The molecule has 0 bridgehead atoms. The third-order valence-electron chi connectivity index (χ3n) is 5.59. The monoisotopic (exact) mass is 479 g/mol. The Bertz CT molecular complexity index is 1250. The first-order chi connectivity index (χ1) is 16.4. The Balaban J connectivity index is 1.39. The number of ether oxygens (including phenoxy) is 2. The molecular weight excluding hydrogens is 454 g/mol. The number of morpholine rings is 1. The van der Waals surface area contributed by atoms with Crippen LogP contribution in [0.4, 0.5) is 0 Å². The van der Waals surface area contributed by atoms with Gasteiger partial charge in [0.2, 0.25) is 10.0 Å². The number of hydrogen-bond donors (Lipinski definition) is 0. The number of carbonyl (C=O) groups excluding carboxylic acids is 2. The van der Waals surface area contributed by atoms with E-state index in [0.717, 1.165) is 11.1 Å². The summed E-state index contributed by atoms with van der Waals surface area (Å²) in [5.74, 6) is -0.990. The summed E-state index contributed by atoms with van der Waals surface area (Å²) in [5.41, 5.74) is 2.55. The number of esters is 1. The van der Waals surface area contributed by atoms with E-state index in [1.165, 1.54) is 28.6 Å². The number of benzene rings is 3. The number of sulfonamides is 1. The second kappa shape index (κ2) is 10.7. The predicted octanol–water partition coefficient (Wildman–Crippen LogP) is 3.34. The van der Waals surface area contributed by atoms with Gasteiger partial charge in [0, 0.05) is 18.7 Å². The quantitative estimate of drug-likeness (QED) is 0.364. The molecule has 1 aliphatic rings. The van der Waals surface area contributed by atoms with Crippen molar-refractivity contribution in [3.8, 4) is 0 Å². The van der Waals surface area contributed by atoms with Gasteiger partial charge in [-0.1, -0.05) is 48.5 Å². The van der Waals surface area contributed by atoms with Crippen LogP contribution in [0.15, 0.2) is 83.8 Å². The first kappa shape index (κ1) is 23.8. The molecule has 3 aromatic carbocycles. The Kier molecular flexibility index (Phi) is 7.52. The highest BCUT2D eigenvalue weighted by molar-refractivity contribution is 7.89. The van der Waals surface area contributed by atoms with Crippen LogP contribution in [0.2, 0.25) is 0 Å². The minimum Gasteiger partial charge on any atom is -0.454 e. The molecule has 34 heavy (non-hydrogen) atoms. The van der Waals surface area contributed by atoms with Crippen LogP contribution in [0.25, 0.3) is 0 Å². The molecule has 1 heterocycles. The van der Waals surface area contributed by atoms with Crippen molar-refractivity contribution < 1.29 is 27.5 Å². The molecule has 0 atom stereocenters. The largest absolute Gasteiger partial charge is 0.454 e. The first-order valence-electron chi connectivity index (χ1n) is 11.0. The SMILES string of the molecule is O=C(COC(=O)c1ccccc1Cc1ccccc1)c1ccc(S(=O)(=O)N2CCOCC2)cc1. The number of Topliss-reactive ketones (excluding diaryl/α,β-unsaturated/α-hetero) is 1. The van der Waals surface area contributed by atoms with Crippen molar-refractivity contribution in [2.75, 3.05) is 32.9 Å². The second-order valence-corrected chi connectivity index (χ2v) is 9.80. The molecule has 0 spiro atoms. The molecule has 0 unspecified atom stereocenters. The molecular formula is C26H25NO6S. The number of rotatable bonds is 8. The summed E-state index contributed by atoms with van der Waals surface area (Å²) < 4.78 is 37.3. The van der Waals surface area contributed by atoms with Crippen LogP contribution >= 0.6 is 0 Å². The standard InChI is InChI=1S/C26H25NO6S/c28-25(21-10-12-23(13-11-21)34(30,31)27-14-16-32-17-15-27)19-33-26(29)24-9-5-4-8-22(24)18-20-6-2-1-3-7-20/h1-13H,14-19H2. The van der Waals surface area contributed by atoms with Gasteiger partial charge in [-0.25, -0.2) is 13.2 Å². The van der Waals surface area contributed by atoms with E-state index in [4.69, 9.17) is 9.47 Å². The van der Waals surface area contributed by atoms with E-state index in [0.29, 0.717) is 38.3 Å². The number of nitrogens with zero attached hydrogens (tertiary/aromatic N) is 1. The zero-order valence-electron chi connectivity index (χ0n) is 18.6. The zero-order valence-corrected chi connectivity index (χ0v) is 19.4. The van der Waals surface area contributed by atoms with Crippen molar-refractivity contribution >= 4 is 21.8 Å². The van der Waals surface area contributed by atoms with Crippen molar-refractivity contribution in [1.29, 1.82) is 0 Å². The zero-order chi connectivity index (χ0) is 24.0. The first-order valence-corrected chi connectivity index (χ1v) is 12.4. The Labute approximate surface area is 199 Å². The predicted molar refractivity (Wildman–Crippen MR) is 126 cm³/mol. The highest BCUT2D eigenvalue weighted by Crippen LogP contribution is 2.19. The van der Waals surface area contributed by atoms with Crippen LogP contribution in [-0.4, -0.2) is 57.4 Å². The summed E-state index contributed by atoms with van der Waals surface area (Å²) in [6.07, 6.45) is 0.569. The van der Waals surface area contributed by atoms with Crippen molar-refractivity contribution in [2.24, 2.45) is 0 Å². The molecule has 8 heteroatoms. The van der Waals surface area contributed by atoms with Gasteiger partial charge in [0.05, 0.1) is 23.7 Å². The van der Waals surface area contributed by atoms with E-state index in [1.807, 2.05) is 42.5 Å². The lowest BCUT2D eigenvalue weighted by atomic mass is 10.00. The fraction of sp³-hybridized carbons (Fsp3) is 0.231. The van der Waals surface area contributed by atoms with Gasteiger partial charge >= 0.3 is 5.97 Å². The van der Waals surface area contributed by atoms with Crippen molar-refractivity contribution in [3.05, 3.63) is 101 Å². The molecule has 7 nitrogen and oxygen atoms in total. The maximum Gasteiger partial charge on any atom is 0.338 e. The summed E-state index contributed by atoms with van der Waals surface area (Å²) in [5, 5.41) is 0. The Morgan fingerprint density at radius 1 is 0.853 bits per heavy atom. The molecule has 0 radical (unpaired) electrons. The summed E-state index contributed by atoms with van der Waals surface area (Å²) in [7, 11) is -3.64. The number of carbonyl (C=O) groups is 2. The third-order valence-corrected chi connectivity index (χ3v) is 7.51. The molecule has 0 saturated carbocycles. The molecule has 0 aliphatic carbocycles. The lowest BCUT2D eigenvalue weighted by Crippen LogP contribution is -2.40. The van der Waals surface area contributed by atoms with Crippen molar-refractivity contribution in [3.63, 3.8) is 0 Å². The van der Waals surface area contributed by atoms with Gasteiger partial charge in [-0.15, -0.1) is 0 Å². The van der Waals surface area contributed by atoms with Crippen LogP contribution in [-0.2, 0) is 25.9 Å². The normalized spacial score (nSPS) is 14.5. The molecule has 0 amide bonds. The average Bonchev–Trinajstić information content (AvgIpc) is 2.88. The molecule has 1 aliphatic heterocycles. The molecule has 0 N–H and O–H groups in total. The van der Waals surface area contributed by atoms with Crippen LogP contribution in [0.5, 0.6) is 0 Å². The van der Waals surface area contributed by atoms with E-state index in [1.54, 1.807) is 12.1 Å². The van der Waals surface area contributed by atoms with E-state index in [-0.39, 0.29) is 10.5 Å². The van der Waals surface area contributed by atoms with Crippen molar-refractivity contribution in [2.45, 2.75) is 11.3 Å². The summed E-state index contributed by atoms with van der Waals surface area (Å²) >= 11 is 0. The number of hydrogen-bond acceptors (Lipinski definition) is 6. The van der Waals surface area contributed by atoms with Crippen LogP contribution in [0.3, 0.4) is 0 Å². The minimum absolute atomic E-state index is 0.109. The molecule has 176 valence electrons. The highest BCUT2D eigenvalue weighted by atomic mass is 32.2. The third kappa shape index (κ3) is 5.59. The molecule has 4 rings (SSSR count). The maximum atomic E-state index is 12.7. The van der Waals surface area contributed by atoms with E-state index < -0.39 is 28.4 Å². The summed E-state index contributed by atoms with van der Waals surface area (Å²) in [6.45, 7) is 0.870. The Morgan fingerprint density at radius 2 is 1.50 bits per heavy atom. The molecule has 1 saturated heterocycles. The Morgan fingerprint density at radius 3 is 2.21 bits per heavy atom. The number of ketones is 1. The fourth-order valence-electron chi connectivity index (χ4n) is 3.73. The lowest BCUT2D eigenvalue weighted by molar-refractivity contribution is 0.0473.